The Morgan fingerprint density at radius 2 is 2.12 bits per heavy atom. The van der Waals surface area contributed by atoms with E-state index in [-0.39, 0.29) is 23.7 Å². The molecule has 1 fully saturated rings. The number of rotatable bonds is 8. The predicted octanol–water partition coefficient (Wildman–Crippen LogP) is 2.78. The van der Waals surface area contributed by atoms with Gasteiger partial charge in [-0.3, -0.25) is 4.79 Å². The number of hydrogen-bond donors (Lipinski definition) is 2. The van der Waals surface area contributed by atoms with Gasteiger partial charge in [-0.1, -0.05) is 29.8 Å². The Morgan fingerprint density at radius 3 is 2.79 bits per heavy atom. The second kappa shape index (κ2) is 11.0. The number of halogens is 1. The van der Waals surface area contributed by atoms with Crippen LogP contribution in [0.2, 0.25) is 0 Å². The van der Waals surface area contributed by atoms with E-state index in [2.05, 4.69) is 41.8 Å². The van der Waals surface area contributed by atoms with Crippen LogP contribution in [0.15, 0.2) is 24.3 Å². The number of aryl methyl sites for hydroxylation is 1. The minimum atomic E-state index is 0. The molecule has 1 saturated heterocycles. The number of hydrogen-bond acceptors (Lipinski definition) is 4. The van der Waals surface area contributed by atoms with Crippen LogP contribution in [0.25, 0.3) is 0 Å². The SMILES string of the molecule is COCC1(CNC(=O)CSCc2cccc(C)c2)CCNCC1.Cl. The van der Waals surface area contributed by atoms with E-state index in [1.165, 1.54) is 11.1 Å². The van der Waals surface area contributed by atoms with Crippen LogP contribution in [0.4, 0.5) is 0 Å². The summed E-state index contributed by atoms with van der Waals surface area (Å²) in [4.78, 5) is 12.1. The van der Waals surface area contributed by atoms with E-state index < -0.39 is 0 Å². The van der Waals surface area contributed by atoms with Gasteiger partial charge < -0.3 is 15.4 Å². The molecule has 0 atom stereocenters. The van der Waals surface area contributed by atoms with Gasteiger partial charge in [-0.25, -0.2) is 0 Å². The lowest BCUT2D eigenvalue weighted by Crippen LogP contribution is -2.47. The zero-order valence-corrected chi connectivity index (χ0v) is 16.2. The van der Waals surface area contributed by atoms with Gasteiger partial charge in [-0.05, 0) is 38.4 Å². The van der Waals surface area contributed by atoms with Crippen molar-refractivity contribution < 1.29 is 9.53 Å². The summed E-state index contributed by atoms with van der Waals surface area (Å²) in [5, 5.41) is 6.48. The zero-order valence-electron chi connectivity index (χ0n) is 14.6. The smallest absolute Gasteiger partial charge is 0.230 e. The molecule has 2 N–H and O–H groups in total. The summed E-state index contributed by atoms with van der Waals surface area (Å²) >= 11 is 1.67. The van der Waals surface area contributed by atoms with Crippen molar-refractivity contribution in [2.45, 2.75) is 25.5 Å². The van der Waals surface area contributed by atoms with Gasteiger partial charge in [0.1, 0.15) is 0 Å². The van der Waals surface area contributed by atoms with Crippen LogP contribution in [0, 0.1) is 12.3 Å². The maximum atomic E-state index is 12.1. The standard InChI is InChI=1S/C18H28N2O2S.ClH/c1-15-4-3-5-16(10-15)11-23-12-17(21)20-13-18(14-22-2)6-8-19-9-7-18;/h3-5,10,19H,6-9,11-14H2,1-2H3,(H,20,21);1H. The lowest BCUT2D eigenvalue weighted by atomic mass is 9.79. The topological polar surface area (TPSA) is 50.4 Å². The van der Waals surface area contributed by atoms with Gasteiger partial charge in [-0.2, -0.15) is 0 Å². The van der Waals surface area contributed by atoms with Crippen LogP contribution in [0.3, 0.4) is 0 Å². The van der Waals surface area contributed by atoms with Crippen molar-refractivity contribution in [1.29, 1.82) is 0 Å². The number of piperidine rings is 1. The van der Waals surface area contributed by atoms with Crippen LogP contribution in [-0.4, -0.2) is 45.0 Å². The largest absolute Gasteiger partial charge is 0.384 e. The minimum absolute atomic E-state index is 0. The Balaban J connectivity index is 0.00000288. The first-order valence-corrected chi connectivity index (χ1v) is 9.39. The number of benzene rings is 1. The molecule has 6 heteroatoms. The Bertz CT molecular complexity index is 502. The van der Waals surface area contributed by atoms with Crippen molar-refractivity contribution in [1.82, 2.24) is 10.6 Å². The fourth-order valence-corrected chi connectivity index (χ4v) is 3.84. The number of methoxy groups -OCH3 is 1. The zero-order chi connectivity index (χ0) is 16.5. The van der Waals surface area contributed by atoms with E-state index in [9.17, 15) is 4.79 Å². The van der Waals surface area contributed by atoms with Gasteiger partial charge in [0, 0.05) is 24.8 Å². The van der Waals surface area contributed by atoms with Crippen molar-refractivity contribution in [2.75, 3.05) is 39.1 Å². The van der Waals surface area contributed by atoms with Gasteiger partial charge in [-0.15, -0.1) is 24.2 Å². The van der Waals surface area contributed by atoms with Crippen LogP contribution in [0.1, 0.15) is 24.0 Å². The minimum Gasteiger partial charge on any atom is -0.384 e. The summed E-state index contributed by atoms with van der Waals surface area (Å²) in [6.45, 7) is 5.52. The molecule has 1 heterocycles. The molecule has 0 aliphatic carbocycles. The number of carbonyl (C=O) groups is 1. The van der Waals surface area contributed by atoms with Crippen molar-refractivity contribution in [3.05, 3.63) is 35.4 Å². The fraction of sp³-hybridized carbons (Fsp3) is 0.611. The van der Waals surface area contributed by atoms with Crippen molar-refractivity contribution in [2.24, 2.45) is 5.41 Å². The summed E-state index contributed by atoms with van der Waals surface area (Å²) in [5.74, 6) is 1.51. The molecule has 1 aromatic rings. The van der Waals surface area contributed by atoms with E-state index in [0.717, 1.165) is 31.7 Å². The number of amides is 1. The molecule has 0 spiro atoms. The summed E-state index contributed by atoms with van der Waals surface area (Å²) < 4.78 is 5.38. The van der Waals surface area contributed by atoms with Crippen LogP contribution in [-0.2, 0) is 15.3 Å². The number of thioether (sulfide) groups is 1. The summed E-state index contributed by atoms with van der Waals surface area (Å²) in [6, 6.07) is 8.44. The number of ether oxygens (including phenoxy) is 1. The average molecular weight is 373 g/mol. The highest BCUT2D eigenvalue weighted by atomic mass is 35.5. The molecule has 1 aliphatic heterocycles. The second-order valence-electron chi connectivity index (χ2n) is 6.44. The number of carbonyl (C=O) groups excluding carboxylic acids is 1. The lowest BCUT2D eigenvalue weighted by Gasteiger charge is -2.37. The maximum absolute atomic E-state index is 12.1. The van der Waals surface area contributed by atoms with Crippen molar-refractivity contribution >= 4 is 30.1 Å². The van der Waals surface area contributed by atoms with Crippen LogP contribution < -0.4 is 10.6 Å². The molecule has 1 aliphatic rings. The molecule has 0 saturated carbocycles. The van der Waals surface area contributed by atoms with E-state index in [1.807, 2.05) is 0 Å². The predicted molar refractivity (Wildman–Crippen MR) is 104 cm³/mol. The Labute approximate surface area is 155 Å². The highest BCUT2D eigenvalue weighted by Crippen LogP contribution is 2.28. The monoisotopic (exact) mass is 372 g/mol. The Morgan fingerprint density at radius 1 is 1.38 bits per heavy atom. The molecule has 0 unspecified atom stereocenters. The van der Waals surface area contributed by atoms with Gasteiger partial charge in [0.2, 0.25) is 5.91 Å². The molecular weight excluding hydrogens is 344 g/mol. The fourth-order valence-electron chi connectivity index (χ4n) is 3.04. The van der Waals surface area contributed by atoms with Gasteiger partial charge in [0.15, 0.2) is 0 Å². The molecule has 0 bridgehead atoms. The summed E-state index contributed by atoms with van der Waals surface area (Å²) in [6.07, 6.45) is 2.11. The Hall–Kier alpha value is -0.750. The molecule has 4 nitrogen and oxygen atoms in total. The van der Waals surface area contributed by atoms with E-state index in [4.69, 9.17) is 4.74 Å². The second-order valence-corrected chi connectivity index (χ2v) is 7.43. The quantitative estimate of drug-likeness (QED) is 0.736. The highest BCUT2D eigenvalue weighted by Gasteiger charge is 2.32. The highest BCUT2D eigenvalue weighted by molar-refractivity contribution is 7.99. The molecule has 136 valence electrons. The van der Waals surface area contributed by atoms with Gasteiger partial charge in [0.05, 0.1) is 12.4 Å². The third-order valence-corrected chi connectivity index (χ3v) is 5.36. The molecule has 24 heavy (non-hydrogen) atoms. The average Bonchev–Trinajstić information content (AvgIpc) is 2.54. The number of nitrogens with one attached hydrogen (secondary N) is 2. The van der Waals surface area contributed by atoms with Crippen molar-refractivity contribution in [3.8, 4) is 0 Å². The summed E-state index contributed by atoms with van der Waals surface area (Å²) in [7, 11) is 1.74. The van der Waals surface area contributed by atoms with E-state index in [0.29, 0.717) is 18.9 Å². The first kappa shape index (κ1) is 21.3. The third-order valence-electron chi connectivity index (χ3n) is 4.36. The van der Waals surface area contributed by atoms with E-state index >= 15 is 0 Å². The molecule has 0 radical (unpaired) electrons. The van der Waals surface area contributed by atoms with Crippen molar-refractivity contribution in [3.63, 3.8) is 0 Å². The van der Waals surface area contributed by atoms with Crippen LogP contribution >= 0.6 is 24.2 Å². The third kappa shape index (κ3) is 7.01. The molecule has 1 amide bonds. The molecule has 0 aromatic heterocycles. The maximum Gasteiger partial charge on any atom is 0.230 e. The molecular formula is C18H29ClN2O2S. The van der Waals surface area contributed by atoms with Crippen LogP contribution in [0.5, 0.6) is 0 Å². The molecule has 2 rings (SSSR count). The van der Waals surface area contributed by atoms with Gasteiger partial charge in [0.25, 0.3) is 0 Å². The Kier molecular flexibility index (Phi) is 9.74. The molecule has 1 aromatic carbocycles. The normalized spacial score (nSPS) is 16.2. The lowest BCUT2D eigenvalue weighted by molar-refractivity contribution is -0.119. The van der Waals surface area contributed by atoms with E-state index in [1.54, 1.807) is 18.9 Å². The first-order chi connectivity index (χ1) is 11.1. The first-order valence-electron chi connectivity index (χ1n) is 8.23. The summed E-state index contributed by atoms with van der Waals surface area (Å²) in [5.41, 5.74) is 2.63. The van der Waals surface area contributed by atoms with Gasteiger partial charge >= 0.3 is 0 Å².